The number of aromatic nitrogens is 6. The van der Waals surface area contributed by atoms with E-state index in [1.807, 2.05) is 48.2 Å². The number of piperazine rings is 1. The number of amides is 2. The number of halogens is 3. The molecule has 0 unspecified atom stereocenters. The number of ether oxygens (including phenoxy) is 2. The molecule has 1 saturated heterocycles. The predicted molar refractivity (Wildman–Crippen MR) is 210 cm³/mol. The van der Waals surface area contributed by atoms with E-state index in [0.29, 0.717) is 54.7 Å². The van der Waals surface area contributed by atoms with Crippen LogP contribution in [0.1, 0.15) is 57.9 Å². The monoisotopic (exact) mass is 811 g/mol. The van der Waals surface area contributed by atoms with Gasteiger partial charge in [0.05, 0.1) is 35.9 Å². The molecule has 0 radical (unpaired) electrons. The molecule has 0 spiro atoms. The number of hydrogen-bond acceptors (Lipinski definition) is 11. The first-order chi connectivity index (χ1) is 28.4. The number of fused-ring (bicyclic) bond motifs is 2. The van der Waals surface area contributed by atoms with Crippen LogP contribution in [-0.4, -0.2) is 85.2 Å². The van der Waals surface area contributed by atoms with Gasteiger partial charge < -0.3 is 33.6 Å². The topological polar surface area (TPSA) is 162 Å². The number of carbonyl (C=O) groups is 2. The highest BCUT2D eigenvalue weighted by atomic mass is 19.4. The van der Waals surface area contributed by atoms with E-state index in [4.69, 9.17) is 18.9 Å². The summed E-state index contributed by atoms with van der Waals surface area (Å²) < 4.78 is 61.5. The fraction of sp³-hybridized carbons (Fsp3) is 0.341. The molecule has 15 nitrogen and oxygen atoms in total. The molecule has 4 aromatic heterocycles. The van der Waals surface area contributed by atoms with Crippen molar-refractivity contribution >= 4 is 45.5 Å². The van der Waals surface area contributed by atoms with Crippen LogP contribution < -0.4 is 20.5 Å². The number of alkyl halides is 3. The van der Waals surface area contributed by atoms with Crippen LogP contribution in [0.15, 0.2) is 70.1 Å². The number of nitrogens with zero attached hydrogens (tertiary/aromatic N) is 8. The van der Waals surface area contributed by atoms with Gasteiger partial charge in [-0.2, -0.15) is 22.7 Å². The summed E-state index contributed by atoms with van der Waals surface area (Å²) in [5, 5.41) is 7.16. The van der Waals surface area contributed by atoms with Crippen LogP contribution >= 0.6 is 0 Å². The highest BCUT2D eigenvalue weighted by Gasteiger charge is 2.35. The normalized spacial score (nSPS) is 14.8. The highest BCUT2D eigenvalue weighted by molar-refractivity contribution is 6.01. The van der Waals surface area contributed by atoms with Gasteiger partial charge in [0, 0.05) is 31.6 Å². The third-order valence-corrected chi connectivity index (χ3v) is 10.4. The molecule has 306 valence electrons. The molecular formula is C41H40F3N9O6. The summed E-state index contributed by atoms with van der Waals surface area (Å²) in [6, 6.07) is 12.9. The van der Waals surface area contributed by atoms with E-state index in [2.05, 4.69) is 20.4 Å². The summed E-state index contributed by atoms with van der Waals surface area (Å²) in [7, 11) is 0. The van der Waals surface area contributed by atoms with Crippen molar-refractivity contribution < 1.29 is 36.7 Å². The lowest BCUT2D eigenvalue weighted by molar-refractivity contribution is -0.136. The zero-order valence-corrected chi connectivity index (χ0v) is 32.5. The van der Waals surface area contributed by atoms with E-state index < -0.39 is 23.2 Å². The molecule has 2 aliphatic rings. The Bertz CT molecular complexity index is 2660. The zero-order valence-electron chi connectivity index (χ0n) is 32.5. The molecule has 0 atom stereocenters. The molecule has 0 aliphatic carbocycles. The molecule has 2 aliphatic heterocycles. The minimum Gasteiger partial charge on any atom is -0.485 e. The third kappa shape index (κ3) is 7.74. The Morgan fingerprint density at radius 2 is 1.80 bits per heavy atom. The number of carbonyl (C=O) groups excluding carboxylic acids is 2. The van der Waals surface area contributed by atoms with E-state index in [0.717, 1.165) is 23.3 Å². The Balaban J connectivity index is 1.10. The van der Waals surface area contributed by atoms with Crippen molar-refractivity contribution in [1.82, 2.24) is 34.0 Å². The second kappa shape index (κ2) is 16.0. The van der Waals surface area contributed by atoms with Gasteiger partial charge in [0.15, 0.2) is 22.9 Å². The summed E-state index contributed by atoms with van der Waals surface area (Å²) in [4.78, 5) is 59.1. The summed E-state index contributed by atoms with van der Waals surface area (Å²) in [5.74, 6) is 0.0433. The van der Waals surface area contributed by atoms with E-state index in [1.165, 1.54) is 23.8 Å². The smallest absolute Gasteiger partial charge is 0.417 e. The van der Waals surface area contributed by atoms with E-state index in [1.54, 1.807) is 16.4 Å². The molecule has 2 aromatic carbocycles. The largest absolute Gasteiger partial charge is 0.485 e. The van der Waals surface area contributed by atoms with Crippen LogP contribution in [0.5, 0.6) is 5.75 Å². The molecule has 18 heteroatoms. The quantitative estimate of drug-likeness (QED) is 0.183. The first-order valence-corrected chi connectivity index (χ1v) is 19.1. The number of hydrogen-bond donors (Lipinski definition) is 1. The maximum Gasteiger partial charge on any atom is 0.417 e. The molecule has 1 N–H and O–H groups in total. The van der Waals surface area contributed by atoms with Gasteiger partial charge in [-0.1, -0.05) is 43.3 Å². The van der Waals surface area contributed by atoms with Gasteiger partial charge >= 0.3 is 6.18 Å². The lowest BCUT2D eigenvalue weighted by Gasteiger charge is -2.36. The second-order valence-corrected chi connectivity index (χ2v) is 14.2. The van der Waals surface area contributed by atoms with Gasteiger partial charge in [-0.05, 0) is 56.0 Å². The average Bonchev–Trinajstić information content (AvgIpc) is 3.86. The molecule has 8 rings (SSSR count). The summed E-state index contributed by atoms with van der Waals surface area (Å²) >= 11 is 0. The lowest BCUT2D eigenvalue weighted by Crippen LogP contribution is -2.51. The minimum atomic E-state index is -4.63. The van der Waals surface area contributed by atoms with Crippen molar-refractivity contribution in [1.29, 1.82) is 0 Å². The van der Waals surface area contributed by atoms with Crippen molar-refractivity contribution in [3.05, 3.63) is 111 Å². The Morgan fingerprint density at radius 1 is 1.02 bits per heavy atom. The number of nitrogens with one attached hydrogen (secondary N) is 1. The molecule has 1 fully saturated rings. The lowest BCUT2D eigenvalue weighted by atomic mass is 10.1. The Morgan fingerprint density at radius 3 is 2.51 bits per heavy atom. The van der Waals surface area contributed by atoms with Gasteiger partial charge in [0.25, 0.3) is 11.5 Å². The Hall–Kier alpha value is -6.56. The molecule has 6 heterocycles. The van der Waals surface area contributed by atoms with Gasteiger partial charge in [-0.25, -0.2) is 9.97 Å². The third-order valence-electron chi connectivity index (χ3n) is 10.4. The van der Waals surface area contributed by atoms with Crippen LogP contribution in [0, 0.1) is 13.8 Å². The molecule has 0 bridgehead atoms. The van der Waals surface area contributed by atoms with Gasteiger partial charge in [0.1, 0.15) is 30.9 Å². The number of furan rings is 1. The fourth-order valence-electron chi connectivity index (χ4n) is 7.52. The zero-order chi connectivity index (χ0) is 41.4. The standard InChI is InChI=1S/C41H40F3N9O6/c1-4-31-34(50-14-16-51(17-15-50)38(55)33-35(25(3)45-23-46-33)58-22-26-8-6-5-7-9-26)39(56)53-40(48-37(49-53)27-12-18-57-19-13-27)52(31)21-32(54)47-30-11-10-29(41(42,43)44)28-20-24(2)59-36(28)30/h5-12,20,23H,4,13-19,21-22H2,1-3H3,(H,47,54). The SMILES string of the molecule is CCc1c(N2CCN(C(=O)c3ncnc(C)c3OCc3ccccc3)CC2)c(=O)n2nc(C3=CCOCC3)nc2n1CC(=O)Nc1ccc(C(F)(F)F)c2cc(C)oc12. The molecule has 6 aromatic rings. The maximum atomic E-state index is 14.4. The summed E-state index contributed by atoms with van der Waals surface area (Å²) in [5.41, 5.74) is 1.77. The minimum absolute atomic E-state index is 0.0595. The first kappa shape index (κ1) is 39.3. The van der Waals surface area contributed by atoms with Crippen LogP contribution in [-0.2, 0) is 35.3 Å². The fourth-order valence-corrected chi connectivity index (χ4v) is 7.52. The van der Waals surface area contributed by atoms with Crippen molar-refractivity contribution in [2.45, 2.75) is 52.9 Å². The van der Waals surface area contributed by atoms with Gasteiger partial charge in [-0.15, -0.1) is 5.10 Å². The van der Waals surface area contributed by atoms with E-state index in [-0.39, 0.29) is 79.1 Å². The van der Waals surface area contributed by atoms with Crippen molar-refractivity contribution in [3.8, 4) is 5.75 Å². The number of aryl methyl sites for hydroxylation is 2. The van der Waals surface area contributed by atoms with Crippen LogP contribution in [0.3, 0.4) is 0 Å². The van der Waals surface area contributed by atoms with Gasteiger partial charge in [0.2, 0.25) is 11.7 Å². The second-order valence-electron chi connectivity index (χ2n) is 14.2. The first-order valence-electron chi connectivity index (χ1n) is 19.1. The van der Waals surface area contributed by atoms with Gasteiger partial charge in [-0.3, -0.25) is 14.4 Å². The number of rotatable bonds is 10. The van der Waals surface area contributed by atoms with Crippen LogP contribution in [0.2, 0.25) is 0 Å². The summed E-state index contributed by atoms with van der Waals surface area (Å²) in [6.07, 6.45) is -0.642. The Labute approximate surface area is 335 Å². The van der Waals surface area contributed by atoms with Crippen molar-refractivity contribution in [2.75, 3.05) is 49.6 Å². The highest BCUT2D eigenvalue weighted by Crippen LogP contribution is 2.39. The van der Waals surface area contributed by atoms with Crippen LogP contribution in [0.25, 0.3) is 22.3 Å². The maximum absolute atomic E-state index is 14.4. The average molecular weight is 812 g/mol. The van der Waals surface area contributed by atoms with E-state index >= 15 is 0 Å². The Kier molecular flexibility index (Phi) is 10.7. The van der Waals surface area contributed by atoms with Crippen LogP contribution in [0.4, 0.5) is 24.5 Å². The summed E-state index contributed by atoms with van der Waals surface area (Å²) in [6.45, 7) is 6.80. The van der Waals surface area contributed by atoms with Crippen molar-refractivity contribution in [2.24, 2.45) is 0 Å². The number of benzene rings is 2. The predicted octanol–water partition coefficient (Wildman–Crippen LogP) is 5.61. The van der Waals surface area contributed by atoms with Crippen molar-refractivity contribution in [3.63, 3.8) is 0 Å². The molecule has 0 saturated carbocycles. The van der Waals surface area contributed by atoms with E-state index in [9.17, 15) is 27.6 Å². The number of anilines is 2. The molecular weight excluding hydrogens is 772 g/mol. The molecule has 59 heavy (non-hydrogen) atoms. The molecule has 2 amide bonds.